The van der Waals surface area contributed by atoms with Gasteiger partial charge in [0.25, 0.3) is 0 Å². The second kappa shape index (κ2) is 3.06. The molecule has 66 valence electrons. The van der Waals surface area contributed by atoms with Gasteiger partial charge in [0.2, 0.25) is 4.77 Å². The molecule has 0 bridgehead atoms. The summed E-state index contributed by atoms with van der Waals surface area (Å²) in [7, 11) is 1.81. The lowest BCUT2D eigenvalue weighted by Gasteiger charge is -1.92. The van der Waals surface area contributed by atoms with E-state index in [9.17, 15) is 0 Å². The molecule has 2 aromatic heterocycles. The van der Waals surface area contributed by atoms with E-state index in [-0.39, 0.29) is 0 Å². The number of nitrogens with one attached hydrogen (secondary N) is 1. The van der Waals surface area contributed by atoms with Gasteiger partial charge in [-0.2, -0.15) is 4.98 Å². The molecule has 0 saturated heterocycles. The molecule has 5 nitrogen and oxygen atoms in total. The molecule has 0 aliphatic heterocycles. The summed E-state index contributed by atoms with van der Waals surface area (Å²) in [6.45, 7) is 0. The highest BCUT2D eigenvalue weighted by Gasteiger charge is 2.01. The van der Waals surface area contributed by atoms with Crippen LogP contribution in [-0.4, -0.2) is 24.7 Å². The van der Waals surface area contributed by atoms with Crippen molar-refractivity contribution in [3.8, 4) is 11.4 Å². The fraction of sp³-hybridized carbons (Fsp3) is 0.143. The van der Waals surface area contributed by atoms with Gasteiger partial charge in [0.1, 0.15) is 6.33 Å². The van der Waals surface area contributed by atoms with Gasteiger partial charge in [-0.15, -0.1) is 0 Å². The highest BCUT2D eigenvalue weighted by Crippen LogP contribution is 2.09. The molecule has 1 N–H and O–H groups in total. The van der Waals surface area contributed by atoms with Crippen molar-refractivity contribution in [2.75, 3.05) is 0 Å². The Morgan fingerprint density at radius 2 is 2.08 bits per heavy atom. The second-order valence-electron chi connectivity index (χ2n) is 2.54. The van der Waals surface area contributed by atoms with Crippen molar-refractivity contribution in [2.24, 2.45) is 7.05 Å². The maximum atomic E-state index is 4.95. The zero-order valence-corrected chi connectivity index (χ0v) is 7.75. The van der Waals surface area contributed by atoms with Crippen molar-refractivity contribution in [3.63, 3.8) is 0 Å². The quantitative estimate of drug-likeness (QED) is 0.684. The van der Waals surface area contributed by atoms with Crippen molar-refractivity contribution in [2.45, 2.75) is 0 Å². The Kier molecular flexibility index (Phi) is 1.90. The van der Waals surface area contributed by atoms with Crippen LogP contribution in [0.15, 0.2) is 18.7 Å². The molecule has 0 amide bonds. The first-order valence-electron chi connectivity index (χ1n) is 3.66. The normalized spacial score (nSPS) is 10.2. The molecular weight excluding hydrogens is 186 g/mol. The minimum Gasteiger partial charge on any atom is -0.279 e. The van der Waals surface area contributed by atoms with Crippen molar-refractivity contribution >= 4 is 12.2 Å². The summed E-state index contributed by atoms with van der Waals surface area (Å²) in [4.78, 5) is 11.9. The molecule has 0 saturated carbocycles. The number of hydrogen-bond acceptors (Lipinski definition) is 4. The Balaban J connectivity index is 2.54. The zero-order valence-electron chi connectivity index (χ0n) is 6.93. The summed E-state index contributed by atoms with van der Waals surface area (Å²) in [5.74, 6) is 0.688. The van der Waals surface area contributed by atoms with E-state index in [0.717, 1.165) is 5.56 Å². The Morgan fingerprint density at radius 3 is 2.62 bits per heavy atom. The van der Waals surface area contributed by atoms with Crippen molar-refractivity contribution < 1.29 is 0 Å². The molecule has 0 aliphatic rings. The van der Waals surface area contributed by atoms with Gasteiger partial charge in [-0.05, 0) is 12.2 Å². The zero-order chi connectivity index (χ0) is 9.26. The van der Waals surface area contributed by atoms with Gasteiger partial charge in [-0.3, -0.25) is 9.78 Å². The van der Waals surface area contributed by atoms with E-state index in [4.69, 9.17) is 12.2 Å². The number of aromatic amines is 1. The number of H-pyrrole nitrogens is 1. The van der Waals surface area contributed by atoms with Crippen LogP contribution in [0.4, 0.5) is 0 Å². The van der Waals surface area contributed by atoms with Crippen LogP contribution >= 0.6 is 12.2 Å². The number of aryl methyl sites for hydroxylation is 1. The van der Waals surface area contributed by atoms with E-state index in [2.05, 4.69) is 20.1 Å². The lowest BCUT2D eigenvalue weighted by molar-refractivity contribution is 0.756. The van der Waals surface area contributed by atoms with Gasteiger partial charge in [0, 0.05) is 19.4 Å². The smallest absolute Gasteiger partial charge is 0.216 e. The Labute approximate surface area is 79.5 Å². The molecule has 0 aliphatic carbocycles. The average molecular weight is 193 g/mol. The SMILES string of the molecule is Cn1[nH]c(-c2cncnc2)nc1=S. The summed E-state index contributed by atoms with van der Waals surface area (Å²) in [5, 5.41) is 2.98. The van der Waals surface area contributed by atoms with E-state index >= 15 is 0 Å². The fourth-order valence-electron chi connectivity index (χ4n) is 0.953. The van der Waals surface area contributed by atoms with Crippen LogP contribution in [0.1, 0.15) is 0 Å². The van der Waals surface area contributed by atoms with E-state index in [1.165, 1.54) is 6.33 Å². The number of hydrogen-bond donors (Lipinski definition) is 1. The van der Waals surface area contributed by atoms with Crippen LogP contribution in [0.3, 0.4) is 0 Å². The third-order valence-corrected chi connectivity index (χ3v) is 1.97. The lowest BCUT2D eigenvalue weighted by atomic mass is 10.3. The number of rotatable bonds is 1. The van der Waals surface area contributed by atoms with Crippen LogP contribution in [-0.2, 0) is 7.05 Å². The molecule has 6 heteroatoms. The maximum Gasteiger partial charge on any atom is 0.216 e. The summed E-state index contributed by atoms with van der Waals surface area (Å²) in [5.41, 5.74) is 0.828. The predicted molar refractivity (Wildman–Crippen MR) is 49.4 cm³/mol. The van der Waals surface area contributed by atoms with Crippen LogP contribution in [0.25, 0.3) is 11.4 Å². The minimum atomic E-state index is 0.513. The van der Waals surface area contributed by atoms with Crippen molar-refractivity contribution in [1.82, 2.24) is 24.7 Å². The molecule has 0 atom stereocenters. The molecule has 0 radical (unpaired) electrons. The molecule has 2 rings (SSSR count). The minimum absolute atomic E-state index is 0.513. The lowest BCUT2D eigenvalue weighted by Crippen LogP contribution is -1.90. The average Bonchev–Trinajstić information content (AvgIpc) is 2.49. The number of nitrogens with zero attached hydrogens (tertiary/aromatic N) is 4. The van der Waals surface area contributed by atoms with Crippen molar-refractivity contribution in [1.29, 1.82) is 0 Å². The van der Waals surface area contributed by atoms with Gasteiger partial charge in [0.15, 0.2) is 5.82 Å². The van der Waals surface area contributed by atoms with E-state index in [1.807, 2.05) is 7.05 Å². The first-order chi connectivity index (χ1) is 6.27. The summed E-state index contributed by atoms with van der Waals surface area (Å²) < 4.78 is 2.18. The largest absolute Gasteiger partial charge is 0.279 e. The van der Waals surface area contributed by atoms with Crippen LogP contribution < -0.4 is 0 Å². The molecule has 0 fully saturated rings. The summed E-state index contributed by atoms with van der Waals surface area (Å²) >= 11 is 4.95. The fourth-order valence-corrected chi connectivity index (χ4v) is 1.09. The second-order valence-corrected chi connectivity index (χ2v) is 2.91. The Bertz CT molecular complexity index is 457. The van der Waals surface area contributed by atoms with Crippen LogP contribution in [0.5, 0.6) is 0 Å². The topological polar surface area (TPSA) is 59.4 Å². The van der Waals surface area contributed by atoms with Gasteiger partial charge >= 0.3 is 0 Å². The van der Waals surface area contributed by atoms with E-state index < -0.39 is 0 Å². The Morgan fingerprint density at radius 1 is 1.38 bits per heavy atom. The molecule has 0 spiro atoms. The first kappa shape index (κ1) is 8.06. The molecule has 0 aromatic carbocycles. The van der Waals surface area contributed by atoms with Crippen LogP contribution in [0.2, 0.25) is 0 Å². The summed E-state index contributed by atoms with van der Waals surface area (Å²) in [6.07, 6.45) is 4.84. The van der Waals surface area contributed by atoms with Gasteiger partial charge in [-0.25, -0.2) is 9.97 Å². The monoisotopic (exact) mass is 193 g/mol. The maximum absolute atomic E-state index is 4.95. The van der Waals surface area contributed by atoms with Crippen LogP contribution in [0, 0.1) is 4.77 Å². The molecule has 2 heterocycles. The first-order valence-corrected chi connectivity index (χ1v) is 4.06. The van der Waals surface area contributed by atoms with Crippen molar-refractivity contribution in [3.05, 3.63) is 23.5 Å². The van der Waals surface area contributed by atoms with Gasteiger partial charge in [0.05, 0.1) is 5.56 Å². The summed E-state index contributed by atoms with van der Waals surface area (Å²) in [6, 6.07) is 0. The third kappa shape index (κ3) is 1.48. The molecule has 0 unspecified atom stereocenters. The standard InChI is InChI=1S/C7H7N5S/c1-12-7(13)10-6(11-12)5-2-8-4-9-3-5/h2-4H,1H3,(H,10,11,13). The van der Waals surface area contributed by atoms with E-state index in [0.29, 0.717) is 10.6 Å². The third-order valence-electron chi connectivity index (χ3n) is 1.60. The molecule has 13 heavy (non-hydrogen) atoms. The highest BCUT2D eigenvalue weighted by atomic mass is 32.1. The van der Waals surface area contributed by atoms with E-state index in [1.54, 1.807) is 17.1 Å². The molecular formula is C7H7N5S. The Hall–Kier alpha value is -1.56. The predicted octanol–water partition coefficient (Wildman–Crippen LogP) is 0.935. The van der Waals surface area contributed by atoms with Gasteiger partial charge in [-0.1, -0.05) is 0 Å². The molecule has 2 aromatic rings. The number of aromatic nitrogens is 5. The van der Waals surface area contributed by atoms with Gasteiger partial charge < -0.3 is 0 Å². The highest BCUT2D eigenvalue weighted by molar-refractivity contribution is 7.71.